The van der Waals surface area contributed by atoms with E-state index in [1.165, 1.54) is 43.5 Å². The molecule has 4 N–H and O–H groups in total. The second-order valence-corrected chi connectivity index (χ2v) is 5.51. The first-order chi connectivity index (χ1) is 11.1. The molecule has 0 unspecified atom stereocenters. The van der Waals surface area contributed by atoms with Crippen molar-refractivity contribution in [2.45, 2.75) is 32.1 Å². The van der Waals surface area contributed by atoms with E-state index >= 15 is 0 Å². The van der Waals surface area contributed by atoms with Crippen LogP contribution < -0.4 is 16.5 Å². The number of carbonyl (C=O) groups excluding carboxylic acids is 3. The summed E-state index contributed by atoms with van der Waals surface area (Å²) in [5.41, 5.74) is 8.07. The molecule has 2 rings (SSSR count). The standard InChI is InChI=1S/C16H20N4O3/c17-14(21)12-6-8-13(9-7-12)19-15(22)16(23)20-18-10-11-4-2-1-3-5-11/h6-11H,1-5H2,(H2,17,21)(H,19,22)(H,20,23). The molecule has 1 saturated carbocycles. The summed E-state index contributed by atoms with van der Waals surface area (Å²) in [6.45, 7) is 0. The molecule has 0 saturated heterocycles. The van der Waals surface area contributed by atoms with Crippen molar-refractivity contribution in [3.8, 4) is 0 Å². The fraction of sp³-hybridized carbons (Fsp3) is 0.375. The topological polar surface area (TPSA) is 114 Å². The van der Waals surface area contributed by atoms with Crippen molar-refractivity contribution >= 4 is 29.6 Å². The number of benzene rings is 1. The second kappa shape index (κ2) is 8.07. The first-order valence-corrected chi connectivity index (χ1v) is 7.60. The Balaban J connectivity index is 1.81. The molecule has 0 bridgehead atoms. The molecule has 1 aliphatic carbocycles. The lowest BCUT2D eigenvalue weighted by Crippen LogP contribution is -2.32. The van der Waals surface area contributed by atoms with Crippen LogP contribution in [0, 0.1) is 5.92 Å². The minimum Gasteiger partial charge on any atom is -0.366 e. The number of hydrogen-bond donors (Lipinski definition) is 3. The van der Waals surface area contributed by atoms with E-state index in [1.54, 1.807) is 6.21 Å². The predicted octanol–water partition coefficient (Wildman–Crippen LogP) is 1.41. The molecule has 23 heavy (non-hydrogen) atoms. The van der Waals surface area contributed by atoms with Crippen molar-refractivity contribution in [2.75, 3.05) is 5.32 Å². The summed E-state index contributed by atoms with van der Waals surface area (Å²) >= 11 is 0. The number of nitrogens with one attached hydrogen (secondary N) is 2. The number of primary amides is 1. The van der Waals surface area contributed by atoms with Gasteiger partial charge in [0.25, 0.3) is 0 Å². The minimum absolute atomic E-state index is 0.324. The van der Waals surface area contributed by atoms with Crippen LogP contribution >= 0.6 is 0 Å². The average molecular weight is 316 g/mol. The van der Waals surface area contributed by atoms with Gasteiger partial charge in [0.2, 0.25) is 5.91 Å². The van der Waals surface area contributed by atoms with Gasteiger partial charge in [-0.25, -0.2) is 5.43 Å². The SMILES string of the molecule is NC(=O)c1ccc(NC(=O)C(=O)NN=CC2CCCCC2)cc1. The number of rotatable bonds is 4. The Morgan fingerprint density at radius 1 is 1.04 bits per heavy atom. The minimum atomic E-state index is -0.837. The van der Waals surface area contributed by atoms with Crippen LogP contribution in [0.5, 0.6) is 0 Å². The lowest BCUT2D eigenvalue weighted by molar-refractivity contribution is -0.136. The zero-order chi connectivity index (χ0) is 16.7. The third-order valence-corrected chi connectivity index (χ3v) is 3.73. The molecular weight excluding hydrogens is 296 g/mol. The van der Waals surface area contributed by atoms with Crippen molar-refractivity contribution in [3.63, 3.8) is 0 Å². The maximum Gasteiger partial charge on any atom is 0.329 e. The number of hydrazone groups is 1. The highest BCUT2D eigenvalue weighted by Gasteiger charge is 2.14. The molecule has 1 aliphatic rings. The molecule has 0 spiro atoms. The Kier molecular flexibility index (Phi) is 5.85. The van der Waals surface area contributed by atoms with Crippen molar-refractivity contribution in [1.29, 1.82) is 0 Å². The summed E-state index contributed by atoms with van der Waals surface area (Å²) in [6.07, 6.45) is 7.42. The summed E-state index contributed by atoms with van der Waals surface area (Å²) in [7, 11) is 0. The molecule has 0 radical (unpaired) electrons. The van der Waals surface area contributed by atoms with E-state index < -0.39 is 17.7 Å². The third-order valence-electron chi connectivity index (χ3n) is 3.73. The van der Waals surface area contributed by atoms with Crippen molar-refractivity contribution in [1.82, 2.24) is 5.43 Å². The number of anilines is 1. The Morgan fingerprint density at radius 3 is 2.30 bits per heavy atom. The van der Waals surface area contributed by atoms with E-state index in [2.05, 4.69) is 15.8 Å². The highest BCUT2D eigenvalue weighted by atomic mass is 16.2. The Labute approximate surface area is 134 Å². The fourth-order valence-electron chi connectivity index (χ4n) is 2.44. The van der Waals surface area contributed by atoms with E-state index in [1.807, 2.05) is 0 Å². The van der Waals surface area contributed by atoms with Gasteiger partial charge in [-0.05, 0) is 43.0 Å². The van der Waals surface area contributed by atoms with Crippen molar-refractivity contribution in [2.24, 2.45) is 16.8 Å². The molecule has 7 heteroatoms. The number of nitrogens with two attached hydrogens (primary N) is 1. The lowest BCUT2D eigenvalue weighted by atomic mass is 9.90. The van der Waals surface area contributed by atoms with E-state index in [9.17, 15) is 14.4 Å². The second-order valence-electron chi connectivity index (χ2n) is 5.51. The van der Waals surface area contributed by atoms with Gasteiger partial charge in [-0.1, -0.05) is 19.3 Å². The number of nitrogens with zero attached hydrogens (tertiary/aromatic N) is 1. The van der Waals surface area contributed by atoms with Crippen LogP contribution in [0.3, 0.4) is 0 Å². The van der Waals surface area contributed by atoms with Gasteiger partial charge in [0.1, 0.15) is 0 Å². The number of amides is 3. The maximum atomic E-state index is 11.7. The normalized spacial score (nSPS) is 15.3. The highest BCUT2D eigenvalue weighted by molar-refractivity contribution is 6.39. The molecule has 122 valence electrons. The monoisotopic (exact) mass is 316 g/mol. The van der Waals surface area contributed by atoms with E-state index in [-0.39, 0.29) is 0 Å². The van der Waals surface area contributed by atoms with Crippen LogP contribution in [-0.4, -0.2) is 23.9 Å². The van der Waals surface area contributed by atoms with E-state index in [0.717, 1.165) is 12.8 Å². The number of carbonyl (C=O) groups is 3. The predicted molar refractivity (Wildman–Crippen MR) is 86.8 cm³/mol. The van der Waals surface area contributed by atoms with Gasteiger partial charge < -0.3 is 11.1 Å². The summed E-state index contributed by atoms with van der Waals surface area (Å²) in [5, 5.41) is 6.27. The van der Waals surface area contributed by atoms with E-state index in [0.29, 0.717) is 17.2 Å². The molecule has 0 heterocycles. The molecule has 7 nitrogen and oxygen atoms in total. The average Bonchev–Trinajstić information content (AvgIpc) is 2.56. The molecule has 1 fully saturated rings. The van der Waals surface area contributed by atoms with Gasteiger partial charge in [0.15, 0.2) is 0 Å². The van der Waals surface area contributed by atoms with Gasteiger partial charge in [0, 0.05) is 17.5 Å². The van der Waals surface area contributed by atoms with Crippen LogP contribution in [0.25, 0.3) is 0 Å². The van der Waals surface area contributed by atoms with Gasteiger partial charge in [0.05, 0.1) is 0 Å². The molecule has 1 aromatic carbocycles. The van der Waals surface area contributed by atoms with Crippen LogP contribution in [0.1, 0.15) is 42.5 Å². The van der Waals surface area contributed by atoms with Crippen LogP contribution in [0.2, 0.25) is 0 Å². The first kappa shape index (κ1) is 16.7. The van der Waals surface area contributed by atoms with Gasteiger partial charge in [-0.2, -0.15) is 5.10 Å². The molecule has 3 amide bonds. The molecular formula is C16H20N4O3. The summed E-state index contributed by atoms with van der Waals surface area (Å²) in [4.78, 5) is 34.3. The fourth-order valence-corrected chi connectivity index (χ4v) is 2.44. The Hall–Kier alpha value is -2.70. The Morgan fingerprint density at radius 2 is 1.70 bits per heavy atom. The quantitative estimate of drug-likeness (QED) is 0.443. The van der Waals surface area contributed by atoms with Crippen LogP contribution in [-0.2, 0) is 9.59 Å². The molecule has 0 aliphatic heterocycles. The first-order valence-electron chi connectivity index (χ1n) is 7.60. The summed E-state index contributed by atoms with van der Waals surface area (Å²) in [5.74, 6) is -1.85. The van der Waals surface area contributed by atoms with E-state index in [4.69, 9.17) is 5.73 Å². The van der Waals surface area contributed by atoms with Gasteiger partial charge >= 0.3 is 11.8 Å². The summed E-state index contributed by atoms with van der Waals surface area (Å²) in [6, 6.07) is 5.93. The largest absolute Gasteiger partial charge is 0.366 e. The number of hydrogen-bond acceptors (Lipinski definition) is 4. The van der Waals surface area contributed by atoms with Gasteiger partial charge in [-0.15, -0.1) is 0 Å². The summed E-state index contributed by atoms with van der Waals surface area (Å²) < 4.78 is 0. The molecule has 0 atom stereocenters. The van der Waals surface area contributed by atoms with Crippen molar-refractivity contribution in [3.05, 3.63) is 29.8 Å². The zero-order valence-corrected chi connectivity index (χ0v) is 12.7. The highest BCUT2D eigenvalue weighted by Crippen LogP contribution is 2.21. The van der Waals surface area contributed by atoms with Crippen LogP contribution in [0.15, 0.2) is 29.4 Å². The lowest BCUT2D eigenvalue weighted by Gasteiger charge is -2.16. The smallest absolute Gasteiger partial charge is 0.329 e. The van der Waals surface area contributed by atoms with Gasteiger partial charge in [-0.3, -0.25) is 14.4 Å². The van der Waals surface area contributed by atoms with Crippen molar-refractivity contribution < 1.29 is 14.4 Å². The molecule has 1 aromatic rings. The zero-order valence-electron chi connectivity index (χ0n) is 12.7. The van der Waals surface area contributed by atoms with Crippen LogP contribution in [0.4, 0.5) is 5.69 Å². The molecule has 0 aromatic heterocycles. The third kappa shape index (κ3) is 5.21. The Bertz CT molecular complexity index is 604. The maximum absolute atomic E-state index is 11.7.